The second kappa shape index (κ2) is 3.98. The highest BCUT2D eigenvalue weighted by Crippen LogP contribution is 2.38. The maximum Gasteiger partial charge on any atom is 0.256 e. The Morgan fingerprint density at radius 1 is 1.35 bits per heavy atom. The fourth-order valence-electron chi connectivity index (χ4n) is 2.10. The molecule has 2 heterocycles. The van der Waals surface area contributed by atoms with Gasteiger partial charge in [-0.05, 0) is 6.92 Å². The lowest BCUT2D eigenvalue weighted by Crippen LogP contribution is -2.30. The number of rotatable bonds is 2. The Kier molecular flexibility index (Phi) is 2.46. The molecule has 0 aliphatic carbocycles. The Labute approximate surface area is 99.6 Å². The fourth-order valence-corrected chi connectivity index (χ4v) is 2.10. The van der Waals surface area contributed by atoms with Gasteiger partial charge in [-0.15, -0.1) is 0 Å². The lowest BCUT2D eigenvalue weighted by atomic mass is 10.1. The Hall–Kier alpha value is -1.65. The zero-order valence-electron chi connectivity index (χ0n) is 9.59. The molecule has 0 amide bonds. The van der Waals surface area contributed by atoms with Crippen molar-refractivity contribution < 1.29 is 9.47 Å². The highest BCUT2D eigenvalue weighted by atomic mass is 16.7. The minimum Gasteiger partial charge on any atom is -0.344 e. The number of hydrogen-bond acceptors (Lipinski definition) is 3. The van der Waals surface area contributed by atoms with E-state index in [1.807, 2.05) is 37.3 Å². The van der Waals surface area contributed by atoms with Gasteiger partial charge in [0.25, 0.3) is 5.79 Å². The van der Waals surface area contributed by atoms with Crippen molar-refractivity contribution in [3.8, 4) is 0 Å². The van der Waals surface area contributed by atoms with Crippen molar-refractivity contribution in [3.63, 3.8) is 0 Å². The maximum absolute atomic E-state index is 5.96. The first-order valence-corrected chi connectivity index (χ1v) is 5.68. The number of ether oxygens (including phenoxy) is 2. The van der Waals surface area contributed by atoms with Crippen LogP contribution in [0.2, 0.25) is 0 Å². The van der Waals surface area contributed by atoms with Gasteiger partial charge in [0, 0.05) is 18.0 Å². The van der Waals surface area contributed by atoms with E-state index in [4.69, 9.17) is 9.47 Å². The van der Waals surface area contributed by atoms with Gasteiger partial charge in [0.15, 0.2) is 5.82 Å². The van der Waals surface area contributed by atoms with Crippen molar-refractivity contribution in [2.75, 3.05) is 6.61 Å². The molecule has 0 saturated carbocycles. The molecule has 88 valence electrons. The molecule has 1 aliphatic rings. The van der Waals surface area contributed by atoms with Crippen LogP contribution in [0.1, 0.15) is 18.3 Å². The van der Waals surface area contributed by atoms with Crippen LogP contribution in [0.15, 0.2) is 42.7 Å². The van der Waals surface area contributed by atoms with Crippen LogP contribution < -0.4 is 0 Å². The molecule has 1 fully saturated rings. The van der Waals surface area contributed by atoms with Gasteiger partial charge in [-0.25, -0.2) is 4.98 Å². The van der Waals surface area contributed by atoms with Crippen LogP contribution in [-0.4, -0.2) is 22.7 Å². The van der Waals surface area contributed by atoms with E-state index in [9.17, 15) is 0 Å². The van der Waals surface area contributed by atoms with Crippen LogP contribution in [0.25, 0.3) is 0 Å². The van der Waals surface area contributed by atoms with Gasteiger partial charge in [-0.1, -0.05) is 30.3 Å². The molecule has 2 unspecified atom stereocenters. The third-order valence-electron chi connectivity index (χ3n) is 2.85. The summed E-state index contributed by atoms with van der Waals surface area (Å²) in [6.45, 7) is 2.56. The van der Waals surface area contributed by atoms with Gasteiger partial charge in [0.1, 0.15) is 0 Å². The minimum atomic E-state index is -0.885. The van der Waals surface area contributed by atoms with E-state index < -0.39 is 5.79 Å². The Bertz CT molecular complexity index is 483. The lowest BCUT2D eigenvalue weighted by molar-refractivity contribution is -0.146. The number of imidazole rings is 1. The molecule has 2 aromatic rings. The monoisotopic (exact) mass is 230 g/mol. The number of aromatic amines is 1. The molecule has 1 aromatic carbocycles. The summed E-state index contributed by atoms with van der Waals surface area (Å²) in [6.07, 6.45) is 3.53. The first kappa shape index (κ1) is 10.5. The normalized spacial score (nSPS) is 28.4. The van der Waals surface area contributed by atoms with Gasteiger partial charge in [0.2, 0.25) is 0 Å². The van der Waals surface area contributed by atoms with Crippen LogP contribution >= 0.6 is 0 Å². The number of nitrogens with zero attached hydrogens (tertiary/aromatic N) is 1. The van der Waals surface area contributed by atoms with Gasteiger partial charge in [-0.2, -0.15) is 0 Å². The van der Waals surface area contributed by atoms with Crippen LogP contribution in [0.4, 0.5) is 0 Å². The molecule has 4 heteroatoms. The lowest BCUT2D eigenvalue weighted by Gasteiger charge is -2.26. The molecule has 1 saturated heterocycles. The summed E-state index contributed by atoms with van der Waals surface area (Å²) >= 11 is 0. The minimum absolute atomic E-state index is 0.0558. The molecule has 3 rings (SSSR count). The van der Waals surface area contributed by atoms with E-state index in [2.05, 4.69) is 9.97 Å². The summed E-state index contributed by atoms with van der Waals surface area (Å²) in [6, 6.07) is 9.88. The number of nitrogens with one attached hydrogen (secondary N) is 1. The van der Waals surface area contributed by atoms with Gasteiger partial charge in [0.05, 0.1) is 12.7 Å². The van der Waals surface area contributed by atoms with E-state index in [1.54, 1.807) is 12.4 Å². The fraction of sp³-hybridized carbons (Fsp3) is 0.308. The molecule has 1 N–H and O–H groups in total. The van der Waals surface area contributed by atoms with Crippen molar-refractivity contribution in [3.05, 3.63) is 54.1 Å². The number of H-pyrrole nitrogens is 1. The van der Waals surface area contributed by atoms with Gasteiger partial charge in [-0.3, -0.25) is 0 Å². The van der Waals surface area contributed by atoms with E-state index >= 15 is 0 Å². The predicted octanol–water partition coefficient (Wildman–Crippen LogP) is 2.05. The molecule has 0 spiro atoms. The van der Waals surface area contributed by atoms with Crippen LogP contribution in [-0.2, 0) is 15.3 Å². The Morgan fingerprint density at radius 3 is 2.76 bits per heavy atom. The van der Waals surface area contributed by atoms with Crippen molar-refractivity contribution in [1.29, 1.82) is 0 Å². The van der Waals surface area contributed by atoms with Crippen molar-refractivity contribution in [2.45, 2.75) is 18.8 Å². The molecule has 0 bridgehead atoms. The van der Waals surface area contributed by atoms with E-state index in [0.29, 0.717) is 12.4 Å². The summed E-state index contributed by atoms with van der Waals surface area (Å²) in [7, 11) is 0. The summed E-state index contributed by atoms with van der Waals surface area (Å²) in [5, 5.41) is 0. The third-order valence-corrected chi connectivity index (χ3v) is 2.85. The second-order valence-corrected chi connectivity index (χ2v) is 4.16. The first-order chi connectivity index (χ1) is 8.31. The van der Waals surface area contributed by atoms with Gasteiger partial charge >= 0.3 is 0 Å². The quantitative estimate of drug-likeness (QED) is 0.858. The van der Waals surface area contributed by atoms with E-state index in [0.717, 1.165) is 5.56 Å². The largest absolute Gasteiger partial charge is 0.344 e. The number of aromatic nitrogens is 2. The Balaban J connectivity index is 2.10. The molecule has 1 aliphatic heterocycles. The molecular weight excluding hydrogens is 216 g/mol. The number of benzene rings is 1. The summed E-state index contributed by atoms with van der Waals surface area (Å²) < 4.78 is 11.8. The summed E-state index contributed by atoms with van der Waals surface area (Å²) in [5.41, 5.74) is 0.958. The van der Waals surface area contributed by atoms with Crippen molar-refractivity contribution in [1.82, 2.24) is 9.97 Å². The van der Waals surface area contributed by atoms with E-state index in [1.165, 1.54) is 0 Å². The number of hydrogen-bond donors (Lipinski definition) is 1. The predicted molar refractivity (Wildman–Crippen MR) is 62.3 cm³/mol. The molecule has 4 nitrogen and oxygen atoms in total. The van der Waals surface area contributed by atoms with Crippen LogP contribution in [0, 0.1) is 0 Å². The van der Waals surface area contributed by atoms with Gasteiger partial charge < -0.3 is 14.5 Å². The average Bonchev–Trinajstić information content (AvgIpc) is 3.00. The second-order valence-electron chi connectivity index (χ2n) is 4.16. The van der Waals surface area contributed by atoms with Crippen LogP contribution in [0.5, 0.6) is 0 Å². The zero-order valence-corrected chi connectivity index (χ0v) is 9.59. The van der Waals surface area contributed by atoms with Crippen LogP contribution in [0.3, 0.4) is 0 Å². The van der Waals surface area contributed by atoms with Crippen molar-refractivity contribution >= 4 is 0 Å². The smallest absolute Gasteiger partial charge is 0.256 e. The first-order valence-electron chi connectivity index (χ1n) is 5.68. The molecular formula is C13H14N2O2. The molecule has 17 heavy (non-hydrogen) atoms. The zero-order chi connectivity index (χ0) is 11.7. The average molecular weight is 230 g/mol. The third kappa shape index (κ3) is 1.66. The molecule has 0 radical (unpaired) electrons. The summed E-state index contributed by atoms with van der Waals surface area (Å²) in [5.74, 6) is -0.197. The van der Waals surface area contributed by atoms with E-state index in [-0.39, 0.29) is 6.10 Å². The highest BCUT2D eigenvalue weighted by Gasteiger charge is 2.45. The van der Waals surface area contributed by atoms with Crippen molar-refractivity contribution in [2.24, 2.45) is 0 Å². The topological polar surface area (TPSA) is 47.1 Å². The SMILES string of the molecule is CC1COC(c2ccccc2)(c2ncc[nH]2)O1. The highest BCUT2D eigenvalue weighted by molar-refractivity contribution is 5.27. The maximum atomic E-state index is 5.96. The standard InChI is InChI=1S/C13H14N2O2/c1-10-9-16-13(17-10,12-14-7-8-15-12)11-5-3-2-4-6-11/h2-8,10H,9H2,1H3,(H,14,15). The summed E-state index contributed by atoms with van der Waals surface area (Å²) in [4.78, 5) is 7.35. The molecule has 1 aromatic heterocycles. The Morgan fingerprint density at radius 2 is 2.18 bits per heavy atom. The molecule has 2 atom stereocenters.